The molecule has 7 nitrogen and oxygen atoms in total. The summed E-state index contributed by atoms with van der Waals surface area (Å²) >= 11 is 0. The molecule has 3 N–H and O–H groups in total. The van der Waals surface area contributed by atoms with Crippen molar-refractivity contribution in [3.05, 3.63) is 23.3 Å². The third-order valence-electron chi connectivity index (χ3n) is 4.68. The number of aromatic hydroxyl groups is 2. The lowest BCUT2D eigenvalue weighted by Gasteiger charge is -2.35. The Morgan fingerprint density at radius 3 is 2.68 bits per heavy atom. The largest absolute Gasteiger partial charge is 0.508 e. The number of rotatable bonds is 0. The standard InChI is InChI=1S/C18H22O7/c1-9-4-16-14(21)3-2-13(25-16)7-11(19)5-10-6-12(20)8-15(22)17(10)18(23)24-9/h6,8-9,13-14,16,20-22H,2-5,7H2,1H3. The number of esters is 1. The van der Waals surface area contributed by atoms with Crippen LogP contribution in [0.1, 0.15) is 48.5 Å². The molecular formula is C18H22O7. The summed E-state index contributed by atoms with van der Waals surface area (Å²) in [5.74, 6) is -1.59. The Hall–Kier alpha value is -2.12. The summed E-state index contributed by atoms with van der Waals surface area (Å²) < 4.78 is 11.2. The molecule has 1 fully saturated rings. The first kappa shape index (κ1) is 17.7. The molecule has 0 amide bonds. The average Bonchev–Trinajstić information content (AvgIpc) is 2.48. The zero-order chi connectivity index (χ0) is 18.1. The number of hydrogen-bond acceptors (Lipinski definition) is 7. The third kappa shape index (κ3) is 3.93. The fourth-order valence-corrected chi connectivity index (χ4v) is 3.51. The number of cyclic esters (lactones) is 1. The van der Waals surface area contributed by atoms with Gasteiger partial charge >= 0.3 is 5.97 Å². The molecule has 1 aromatic carbocycles. The first-order valence-electron chi connectivity index (χ1n) is 8.44. The molecule has 25 heavy (non-hydrogen) atoms. The van der Waals surface area contributed by atoms with Gasteiger partial charge in [0.05, 0.1) is 18.3 Å². The maximum absolute atomic E-state index is 12.4. The van der Waals surface area contributed by atoms with Crippen LogP contribution in [0.15, 0.2) is 12.1 Å². The molecule has 7 heteroatoms. The van der Waals surface area contributed by atoms with Gasteiger partial charge in [0.25, 0.3) is 0 Å². The summed E-state index contributed by atoms with van der Waals surface area (Å²) in [5.41, 5.74) is 0.123. The number of ketones is 1. The number of carbonyl (C=O) groups excluding carboxylic acids is 2. The number of benzene rings is 1. The predicted octanol–water partition coefficient (Wildman–Crippen LogP) is 1.46. The molecule has 0 radical (unpaired) electrons. The van der Waals surface area contributed by atoms with Crippen molar-refractivity contribution in [1.29, 1.82) is 0 Å². The van der Waals surface area contributed by atoms with Crippen molar-refractivity contribution in [3.63, 3.8) is 0 Å². The summed E-state index contributed by atoms with van der Waals surface area (Å²) in [6, 6.07) is 2.33. The molecule has 2 aliphatic rings. The first-order valence-corrected chi connectivity index (χ1v) is 8.44. The molecule has 4 unspecified atom stereocenters. The molecule has 2 bridgehead atoms. The average molecular weight is 350 g/mol. The lowest BCUT2D eigenvalue weighted by atomic mass is 9.92. The second-order valence-corrected chi connectivity index (χ2v) is 6.81. The quantitative estimate of drug-likeness (QED) is 0.607. The monoisotopic (exact) mass is 350 g/mol. The molecule has 1 aromatic rings. The molecule has 0 aliphatic carbocycles. The van der Waals surface area contributed by atoms with Crippen LogP contribution in [0.4, 0.5) is 0 Å². The predicted molar refractivity (Wildman–Crippen MR) is 86.5 cm³/mol. The number of hydrogen-bond donors (Lipinski definition) is 3. The van der Waals surface area contributed by atoms with Crippen LogP contribution in [0.3, 0.4) is 0 Å². The number of fused-ring (bicyclic) bond motifs is 3. The highest BCUT2D eigenvalue weighted by atomic mass is 16.5. The van der Waals surface area contributed by atoms with Gasteiger partial charge in [0.15, 0.2) is 0 Å². The van der Waals surface area contributed by atoms with Crippen molar-refractivity contribution >= 4 is 11.8 Å². The Balaban J connectivity index is 1.96. The van der Waals surface area contributed by atoms with Crippen molar-refractivity contribution in [2.45, 2.75) is 63.4 Å². The van der Waals surface area contributed by atoms with E-state index in [4.69, 9.17) is 9.47 Å². The van der Waals surface area contributed by atoms with Gasteiger partial charge in [-0.25, -0.2) is 4.79 Å². The number of Topliss-reactive ketones (excluding diaryl/α,β-unsaturated/α-hetero) is 1. The minimum Gasteiger partial charge on any atom is -0.508 e. The normalized spacial score (nSPS) is 30.6. The van der Waals surface area contributed by atoms with Crippen molar-refractivity contribution in [2.24, 2.45) is 0 Å². The van der Waals surface area contributed by atoms with Crippen LogP contribution in [0.2, 0.25) is 0 Å². The van der Waals surface area contributed by atoms with Gasteiger partial charge in [0.2, 0.25) is 0 Å². The topological polar surface area (TPSA) is 113 Å². The van der Waals surface area contributed by atoms with Gasteiger partial charge in [-0.15, -0.1) is 0 Å². The van der Waals surface area contributed by atoms with E-state index in [2.05, 4.69) is 0 Å². The van der Waals surface area contributed by atoms with Gasteiger partial charge in [-0.1, -0.05) is 0 Å². The molecule has 4 atom stereocenters. The second-order valence-electron chi connectivity index (χ2n) is 6.81. The molecule has 0 saturated carbocycles. The summed E-state index contributed by atoms with van der Waals surface area (Å²) in [4.78, 5) is 24.8. The van der Waals surface area contributed by atoms with E-state index in [-0.39, 0.29) is 41.6 Å². The molecule has 0 spiro atoms. The van der Waals surface area contributed by atoms with E-state index in [1.54, 1.807) is 6.92 Å². The molecule has 0 aromatic heterocycles. The number of carbonyl (C=O) groups is 2. The van der Waals surface area contributed by atoms with Gasteiger partial charge in [-0.05, 0) is 31.4 Å². The minimum atomic E-state index is -0.768. The Labute approximate surface area is 145 Å². The summed E-state index contributed by atoms with van der Waals surface area (Å²) in [5, 5.41) is 29.8. The number of phenolic OH excluding ortho intramolecular Hbond substituents is 2. The highest BCUT2D eigenvalue weighted by molar-refractivity contribution is 5.96. The van der Waals surface area contributed by atoms with E-state index in [1.165, 1.54) is 6.07 Å². The molecule has 3 rings (SSSR count). The Kier molecular flexibility index (Phi) is 4.96. The van der Waals surface area contributed by atoms with E-state index in [0.717, 1.165) is 6.07 Å². The Morgan fingerprint density at radius 1 is 1.16 bits per heavy atom. The zero-order valence-electron chi connectivity index (χ0n) is 14.0. The van der Waals surface area contributed by atoms with Crippen molar-refractivity contribution in [2.75, 3.05) is 0 Å². The van der Waals surface area contributed by atoms with Crippen LogP contribution >= 0.6 is 0 Å². The first-order chi connectivity index (χ1) is 11.8. The molecular weight excluding hydrogens is 328 g/mol. The van der Waals surface area contributed by atoms with Crippen LogP contribution in [-0.4, -0.2) is 51.5 Å². The Morgan fingerprint density at radius 2 is 1.92 bits per heavy atom. The Bertz CT molecular complexity index is 684. The number of aliphatic hydroxyl groups excluding tert-OH is 1. The van der Waals surface area contributed by atoms with Gasteiger partial charge in [-0.2, -0.15) is 0 Å². The van der Waals surface area contributed by atoms with Crippen LogP contribution < -0.4 is 0 Å². The zero-order valence-corrected chi connectivity index (χ0v) is 14.0. The fraction of sp³-hybridized carbons (Fsp3) is 0.556. The number of aliphatic hydroxyl groups is 1. The van der Waals surface area contributed by atoms with Crippen LogP contribution in [0.25, 0.3) is 0 Å². The third-order valence-corrected chi connectivity index (χ3v) is 4.68. The van der Waals surface area contributed by atoms with Crippen molar-refractivity contribution in [3.8, 4) is 11.5 Å². The molecule has 2 heterocycles. The van der Waals surface area contributed by atoms with E-state index >= 15 is 0 Å². The van der Waals surface area contributed by atoms with E-state index < -0.39 is 30.0 Å². The highest BCUT2D eigenvalue weighted by Crippen LogP contribution is 2.31. The molecule has 136 valence electrons. The van der Waals surface area contributed by atoms with E-state index in [1.807, 2.05) is 0 Å². The molecule has 1 saturated heterocycles. The van der Waals surface area contributed by atoms with Crippen LogP contribution in [0, 0.1) is 0 Å². The SMILES string of the molecule is CC1CC2OC(CCC2O)CC(=O)Cc2cc(O)cc(O)c2C(=O)O1. The van der Waals surface area contributed by atoms with Gasteiger partial charge in [0, 0.05) is 25.3 Å². The number of ether oxygens (including phenoxy) is 2. The van der Waals surface area contributed by atoms with Crippen LogP contribution in [0.5, 0.6) is 11.5 Å². The maximum Gasteiger partial charge on any atom is 0.342 e. The maximum atomic E-state index is 12.4. The lowest BCUT2D eigenvalue weighted by Crippen LogP contribution is -2.42. The summed E-state index contributed by atoms with van der Waals surface area (Å²) in [6.07, 6.45) is -0.548. The second kappa shape index (κ2) is 7.01. The van der Waals surface area contributed by atoms with Crippen molar-refractivity contribution < 1.29 is 34.4 Å². The smallest absolute Gasteiger partial charge is 0.342 e. The van der Waals surface area contributed by atoms with Gasteiger partial charge in [0.1, 0.15) is 28.9 Å². The molecule has 2 aliphatic heterocycles. The van der Waals surface area contributed by atoms with Gasteiger partial charge in [-0.3, -0.25) is 4.79 Å². The summed E-state index contributed by atoms with van der Waals surface area (Å²) in [6.45, 7) is 1.69. The van der Waals surface area contributed by atoms with Gasteiger partial charge < -0.3 is 24.8 Å². The summed E-state index contributed by atoms with van der Waals surface area (Å²) in [7, 11) is 0. The van der Waals surface area contributed by atoms with Crippen molar-refractivity contribution in [1.82, 2.24) is 0 Å². The van der Waals surface area contributed by atoms with E-state index in [9.17, 15) is 24.9 Å². The van der Waals surface area contributed by atoms with Crippen LogP contribution in [-0.2, 0) is 20.7 Å². The number of phenols is 2. The minimum absolute atomic E-state index is 0.106. The lowest BCUT2D eigenvalue weighted by molar-refractivity contribution is -0.142. The highest BCUT2D eigenvalue weighted by Gasteiger charge is 2.34. The fourth-order valence-electron chi connectivity index (χ4n) is 3.51. The van der Waals surface area contributed by atoms with E-state index in [0.29, 0.717) is 19.3 Å².